The van der Waals surface area contributed by atoms with Gasteiger partial charge < -0.3 is 15.8 Å². The number of hydrogen-bond acceptors (Lipinski definition) is 5. The van der Waals surface area contributed by atoms with E-state index in [-0.39, 0.29) is 17.2 Å². The van der Waals surface area contributed by atoms with E-state index in [0.29, 0.717) is 26.3 Å². The largest absolute Gasteiger partial charge is 0.383 e. The SMILES string of the molecule is CCCCOCCNc1c(N)n(CCC)c(=O)n(C)c1=O. The Bertz CT molecular complexity index is 563. The van der Waals surface area contributed by atoms with Crippen LogP contribution in [-0.4, -0.2) is 28.9 Å². The Morgan fingerprint density at radius 1 is 1.19 bits per heavy atom. The molecule has 0 spiro atoms. The highest BCUT2D eigenvalue weighted by Crippen LogP contribution is 2.10. The summed E-state index contributed by atoms with van der Waals surface area (Å²) >= 11 is 0. The Labute approximate surface area is 124 Å². The summed E-state index contributed by atoms with van der Waals surface area (Å²) in [5.74, 6) is 0.193. The molecule has 1 rings (SSSR count). The van der Waals surface area contributed by atoms with E-state index in [4.69, 9.17) is 10.5 Å². The number of nitrogen functional groups attached to an aromatic ring is 1. The standard InChI is InChI=1S/C14H26N4O3/c1-4-6-9-21-10-7-16-11-12(15)18(8-5-2)14(20)17(3)13(11)19/h16H,4-10,15H2,1-3H3. The minimum Gasteiger partial charge on any atom is -0.383 e. The highest BCUT2D eigenvalue weighted by atomic mass is 16.5. The molecule has 0 radical (unpaired) electrons. The fourth-order valence-corrected chi connectivity index (χ4v) is 1.99. The summed E-state index contributed by atoms with van der Waals surface area (Å²) in [4.78, 5) is 24.1. The van der Waals surface area contributed by atoms with Crippen LogP contribution in [0.15, 0.2) is 9.59 Å². The third-order valence-corrected chi connectivity index (χ3v) is 3.22. The predicted octanol–water partition coefficient (Wildman–Crippen LogP) is 0.768. The number of anilines is 2. The van der Waals surface area contributed by atoms with E-state index in [9.17, 15) is 9.59 Å². The number of unbranched alkanes of at least 4 members (excludes halogenated alkanes) is 1. The summed E-state index contributed by atoms with van der Waals surface area (Å²) in [7, 11) is 1.46. The van der Waals surface area contributed by atoms with Crippen LogP contribution in [0, 0.1) is 0 Å². The lowest BCUT2D eigenvalue weighted by atomic mass is 10.4. The zero-order valence-corrected chi connectivity index (χ0v) is 13.1. The van der Waals surface area contributed by atoms with Crippen molar-refractivity contribution >= 4 is 11.5 Å². The lowest BCUT2D eigenvalue weighted by Crippen LogP contribution is -2.41. The summed E-state index contributed by atoms with van der Waals surface area (Å²) in [5.41, 5.74) is 5.43. The molecular weight excluding hydrogens is 272 g/mol. The second kappa shape index (κ2) is 8.51. The fraction of sp³-hybridized carbons (Fsp3) is 0.714. The van der Waals surface area contributed by atoms with Gasteiger partial charge in [-0.25, -0.2) is 4.79 Å². The van der Waals surface area contributed by atoms with Crippen LogP contribution in [-0.2, 0) is 18.3 Å². The maximum absolute atomic E-state index is 12.1. The predicted molar refractivity (Wildman–Crippen MR) is 84.9 cm³/mol. The molecule has 0 saturated carbocycles. The average molecular weight is 298 g/mol. The van der Waals surface area contributed by atoms with E-state index in [1.807, 2.05) is 6.92 Å². The van der Waals surface area contributed by atoms with Crippen LogP contribution < -0.4 is 22.3 Å². The van der Waals surface area contributed by atoms with Gasteiger partial charge in [-0.15, -0.1) is 0 Å². The lowest BCUT2D eigenvalue weighted by Gasteiger charge is -2.15. The van der Waals surface area contributed by atoms with E-state index >= 15 is 0 Å². The molecule has 120 valence electrons. The second-order valence-corrected chi connectivity index (χ2v) is 4.95. The maximum Gasteiger partial charge on any atom is 0.332 e. The number of nitrogens with one attached hydrogen (secondary N) is 1. The van der Waals surface area contributed by atoms with E-state index in [2.05, 4.69) is 12.2 Å². The number of ether oxygens (including phenoxy) is 1. The fourth-order valence-electron chi connectivity index (χ4n) is 1.99. The Hall–Kier alpha value is -1.76. The zero-order valence-electron chi connectivity index (χ0n) is 13.1. The first-order chi connectivity index (χ1) is 10.0. The topological polar surface area (TPSA) is 91.3 Å². The van der Waals surface area contributed by atoms with Gasteiger partial charge >= 0.3 is 5.69 Å². The molecule has 0 atom stereocenters. The van der Waals surface area contributed by atoms with Crippen molar-refractivity contribution in [2.45, 2.75) is 39.7 Å². The van der Waals surface area contributed by atoms with Crippen LogP contribution in [0.1, 0.15) is 33.1 Å². The molecule has 0 aromatic carbocycles. The first kappa shape index (κ1) is 17.3. The molecule has 7 heteroatoms. The number of hydrogen-bond donors (Lipinski definition) is 2. The molecule has 0 aliphatic heterocycles. The maximum atomic E-state index is 12.1. The normalized spacial score (nSPS) is 10.8. The molecule has 21 heavy (non-hydrogen) atoms. The molecule has 0 amide bonds. The Balaban J connectivity index is 2.82. The third kappa shape index (κ3) is 4.35. The van der Waals surface area contributed by atoms with Crippen LogP contribution in [0.3, 0.4) is 0 Å². The van der Waals surface area contributed by atoms with Gasteiger partial charge in [0.25, 0.3) is 5.56 Å². The third-order valence-electron chi connectivity index (χ3n) is 3.22. The quantitative estimate of drug-likeness (QED) is 0.657. The van der Waals surface area contributed by atoms with Gasteiger partial charge in [-0.2, -0.15) is 0 Å². The van der Waals surface area contributed by atoms with Crippen molar-refractivity contribution < 1.29 is 4.74 Å². The molecule has 0 unspecified atom stereocenters. The van der Waals surface area contributed by atoms with Crippen molar-refractivity contribution in [3.63, 3.8) is 0 Å². The highest BCUT2D eigenvalue weighted by molar-refractivity contribution is 5.60. The molecule has 1 aromatic rings. The summed E-state index contributed by atoms with van der Waals surface area (Å²) < 4.78 is 7.92. The van der Waals surface area contributed by atoms with Gasteiger partial charge in [0, 0.05) is 26.7 Å². The molecule has 1 aromatic heterocycles. The van der Waals surface area contributed by atoms with Crippen molar-refractivity contribution in [1.82, 2.24) is 9.13 Å². The van der Waals surface area contributed by atoms with Gasteiger partial charge in [0.15, 0.2) is 0 Å². The van der Waals surface area contributed by atoms with Crippen molar-refractivity contribution in [2.75, 3.05) is 30.8 Å². The summed E-state index contributed by atoms with van der Waals surface area (Å²) in [6, 6.07) is 0. The number of rotatable bonds is 9. The molecule has 0 aliphatic carbocycles. The molecule has 7 nitrogen and oxygen atoms in total. The van der Waals surface area contributed by atoms with Crippen molar-refractivity contribution in [3.05, 3.63) is 20.8 Å². The van der Waals surface area contributed by atoms with Gasteiger partial charge in [-0.3, -0.25) is 13.9 Å². The smallest absolute Gasteiger partial charge is 0.332 e. The Morgan fingerprint density at radius 3 is 2.52 bits per heavy atom. The van der Waals surface area contributed by atoms with Gasteiger partial charge in [-0.1, -0.05) is 20.3 Å². The summed E-state index contributed by atoms with van der Waals surface area (Å²) in [6.07, 6.45) is 2.87. The van der Waals surface area contributed by atoms with Crippen LogP contribution in [0.2, 0.25) is 0 Å². The number of aromatic nitrogens is 2. The minimum atomic E-state index is -0.404. The Morgan fingerprint density at radius 2 is 1.90 bits per heavy atom. The van der Waals surface area contributed by atoms with Crippen LogP contribution in [0.4, 0.5) is 11.5 Å². The molecule has 0 bridgehead atoms. The van der Waals surface area contributed by atoms with Crippen molar-refractivity contribution in [3.8, 4) is 0 Å². The Kier molecular flexibility index (Phi) is 7.01. The second-order valence-electron chi connectivity index (χ2n) is 4.95. The minimum absolute atomic E-state index is 0.193. The van der Waals surface area contributed by atoms with Crippen molar-refractivity contribution in [2.24, 2.45) is 7.05 Å². The van der Waals surface area contributed by atoms with E-state index < -0.39 is 5.56 Å². The van der Waals surface area contributed by atoms with Crippen LogP contribution in [0.5, 0.6) is 0 Å². The molecule has 1 heterocycles. The number of nitrogens with zero attached hydrogens (tertiary/aromatic N) is 2. The monoisotopic (exact) mass is 298 g/mol. The average Bonchev–Trinajstić information content (AvgIpc) is 2.48. The summed E-state index contributed by atoms with van der Waals surface area (Å²) in [6.45, 7) is 6.22. The first-order valence-corrected chi connectivity index (χ1v) is 7.45. The zero-order chi connectivity index (χ0) is 15.8. The highest BCUT2D eigenvalue weighted by Gasteiger charge is 2.14. The van der Waals surface area contributed by atoms with Crippen LogP contribution in [0.25, 0.3) is 0 Å². The van der Waals surface area contributed by atoms with E-state index in [1.54, 1.807) is 0 Å². The van der Waals surface area contributed by atoms with Gasteiger partial charge in [0.05, 0.1) is 6.61 Å². The van der Waals surface area contributed by atoms with Gasteiger partial charge in [-0.05, 0) is 12.8 Å². The molecule has 0 aliphatic rings. The first-order valence-electron chi connectivity index (χ1n) is 7.45. The van der Waals surface area contributed by atoms with E-state index in [1.165, 1.54) is 11.6 Å². The molecule has 0 fully saturated rings. The van der Waals surface area contributed by atoms with Crippen molar-refractivity contribution in [1.29, 1.82) is 0 Å². The van der Waals surface area contributed by atoms with Gasteiger partial charge in [0.2, 0.25) is 0 Å². The molecular formula is C14H26N4O3. The molecule has 3 N–H and O–H groups in total. The lowest BCUT2D eigenvalue weighted by molar-refractivity contribution is 0.141. The van der Waals surface area contributed by atoms with Gasteiger partial charge in [0.1, 0.15) is 11.5 Å². The van der Waals surface area contributed by atoms with Crippen LogP contribution >= 0.6 is 0 Å². The molecule has 0 saturated heterocycles. The summed E-state index contributed by atoms with van der Waals surface area (Å²) in [5, 5.41) is 2.98. The van der Waals surface area contributed by atoms with E-state index in [0.717, 1.165) is 23.8 Å². The number of nitrogens with two attached hydrogens (primary N) is 1.